The van der Waals surface area contributed by atoms with Crippen LogP contribution in [0.3, 0.4) is 0 Å². The number of nitrogens with zero attached hydrogens (tertiary/aromatic N) is 1. The first kappa shape index (κ1) is 13.9. The van der Waals surface area contributed by atoms with Gasteiger partial charge in [0.15, 0.2) is 0 Å². The third-order valence-corrected chi connectivity index (χ3v) is 3.59. The molecule has 16 heavy (non-hydrogen) atoms. The van der Waals surface area contributed by atoms with Gasteiger partial charge in [0.1, 0.15) is 0 Å². The highest BCUT2D eigenvalue weighted by Gasteiger charge is 2.25. The molecule has 96 valence electrons. The zero-order chi connectivity index (χ0) is 11.8. The highest BCUT2D eigenvalue weighted by molar-refractivity contribution is 4.82. The lowest BCUT2D eigenvalue weighted by atomic mass is 9.84. The minimum Gasteiger partial charge on any atom is -0.395 e. The Bertz CT molecular complexity index is 175. The normalized spacial score (nSPS) is 26.2. The lowest BCUT2D eigenvalue weighted by Gasteiger charge is -2.35. The monoisotopic (exact) mass is 228 g/mol. The zero-order valence-corrected chi connectivity index (χ0v) is 10.9. The summed E-state index contributed by atoms with van der Waals surface area (Å²) in [5.41, 5.74) is 0. The van der Waals surface area contributed by atoms with E-state index in [0.29, 0.717) is 6.04 Å². The van der Waals surface area contributed by atoms with E-state index in [1.54, 1.807) is 0 Å². The van der Waals surface area contributed by atoms with E-state index in [-0.39, 0.29) is 6.61 Å². The predicted molar refractivity (Wildman–Crippen MR) is 68.6 cm³/mol. The Hall–Kier alpha value is -0.120. The molecule has 1 aliphatic rings. The van der Waals surface area contributed by atoms with Crippen molar-refractivity contribution in [3.05, 3.63) is 0 Å². The van der Waals surface area contributed by atoms with Gasteiger partial charge in [0, 0.05) is 19.1 Å². The molecule has 1 rings (SSSR count). The van der Waals surface area contributed by atoms with Crippen LogP contribution in [-0.4, -0.2) is 49.3 Å². The van der Waals surface area contributed by atoms with Crippen molar-refractivity contribution >= 4 is 0 Å². The summed E-state index contributed by atoms with van der Waals surface area (Å²) < 4.78 is 0. The Morgan fingerprint density at radius 2 is 2.06 bits per heavy atom. The number of aliphatic hydroxyl groups is 1. The fraction of sp³-hybridized carbons (Fsp3) is 1.00. The van der Waals surface area contributed by atoms with Gasteiger partial charge in [0.2, 0.25) is 0 Å². The van der Waals surface area contributed by atoms with Crippen molar-refractivity contribution in [3.8, 4) is 0 Å². The Balaban J connectivity index is 2.33. The van der Waals surface area contributed by atoms with Gasteiger partial charge in [0.25, 0.3) is 0 Å². The van der Waals surface area contributed by atoms with Crippen LogP contribution in [0.1, 0.15) is 39.0 Å². The second-order valence-electron chi connectivity index (χ2n) is 5.09. The van der Waals surface area contributed by atoms with Crippen molar-refractivity contribution in [2.24, 2.45) is 5.92 Å². The maximum atomic E-state index is 8.92. The smallest absolute Gasteiger partial charge is 0.0558 e. The summed E-state index contributed by atoms with van der Waals surface area (Å²) in [7, 11) is 2.11. The van der Waals surface area contributed by atoms with Crippen LogP contribution < -0.4 is 5.32 Å². The van der Waals surface area contributed by atoms with E-state index in [1.807, 2.05) is 0 Å². The second kappa shape index (κ2) is 8.04. The third kappa shape index (κ3) is 4.81. The molecule has 1 fully saturated rings. The van der Waals surface area contributed by atoms with Crippen molar-refractivity contribution in [2.45, 2.75) is 45.1 Å². The number of aliphatic hydroxyl groups excluding tert-OH is 1. The Morgan fingerprint density at radius 3 is 2.75 bits per heavy atom. The molecule has 0 radical (unpaired) electrons. The Morgan fingerprint density at radius 1 is 1.31 bits per heavy atom. The molecule has 0 heterocycles. The molecule has 0 amide bonds. The average Bonchev–Trinajstić information content (AvgIpc) is 2.28. The number of hydrogen-bond acceptors (Lipinski definition) is 3. The van der Waals surface area contributed by atoms with Gasteiger partial charge in [-0.2, -0.15) is 0 Å². The standard InChI is InChI=1S/C13H28N2O/c1-3-8-14-13-7-5-4-6-12(13)11-15(2)9-10-16/h12-14,16H,3-11H2,1-2H3. The molecule has 0 bridgehead atoms. The van der Waals surface area contributed by atoms with Gasteiger partial charge in [-0.25, -0.2) is 0 Å². The first-order valence-corrected chi connectivity index (χ1v) is 6.80. The maximum Gasteiger partial charge on any atom is 0.0558 e. The molecular weight excluding hydrogens is 200 g/mol. The topological polar surface area (TPSA) is 35.5 Å². The lowest BCUT2D eigenvalue weighted by molar-refractivity contribution is 0.163. The lowest BCUT2D eigenvalue weighted by Crippen LogP contribution is -2.44. The summed E-state index contributed by atoms with van der Waals surface area (Å²) in [5, 5.41) is 12.6. The van der Waals surface area contributed by atoms with Gasteiger partial charge in [-0.15, -0.1) is 0 Å². The van der Waals surface area contributed by atoms with Gasteiger partial charge in [-0.05, 0) is 38.8 Å². The number of rotatable bonds is 7. The maximum absolute atomic E-state index is 8.92. The molecule has 0 aromatic carbocycles. The van der Waals surface area contributed by atoms with Crippen molar-refractivity contribution in [3.63, 3.8) is 0 Å². The van der Waals surface area contributed by atoms with E-state index in [9.17, 15) is 0 Å². The first-order valence-electron chi connectivity index (χ1n) is 6.80. The van der Waals surface area contributed by atoms with Gasteiger partial charge < -0.3 is 15.3 Å². The first-order chi connectivity index (χ1) is 7.77. The van der Waals surface area contributed by atoms with Crippen LogP contribution in [0.4, 0.5) is 0 Å². The van der Waals surface area contributed by atoms with Crippen LogP contribution >= 0.6 is 0 Å². The van der Waals surface area contributed by atoms with E-state index < -0.39 is 0 Å². The molecule has 1 saturated carbocycles. The molecule has 2 N–H and O–H groups in total. The fourth-order valence-corrected chi connectivity index (χ4v) is 2.69. The molecule has 2 atom stereocenters. The van der Waals surface area contributed by atoms with Crippen molar-refractivity contribution in [1.29, 1.82) is 0 Å². The number of likely N-dealkylation sites (N-methyl/N-ethyl adjacent to an activating group) is 1. The van der Waals surface area contributed by atoms with E-state index in [0.717, 1.165) is 25.6 Å². The largest absolute Gasteiger partial charge is 0.395 e. The van der Waals surface area contributed by atoms with Gasteiger partial charge in [-0.3, -0.25) is 0 Å². The molecule has 0 aliphatic heterocycles. The predicted octanol–water partition coefficient (Wildman–Crippen LogP) is 1.47. The molecule has 0 aromatic heterocycles. The molecule has 1 aliphatic carbocycles. The highest BCUT2D eigenvalue weighted by Crippen LogP contribution is 2.25. The average molecular weight is 228 g/mol. The molecule has 3 heteroatoms. The summed E-state index contributed by atoms with van der Waals surface area (Å²) in [6.45, 7) is 5.57. The van der Waals surface area contributed by atoms with Crippen LogP contribution in [0, 0.1) is 5.92 Å². The van der Waals surface area contributed by atoms with Crippen LogP contribution in [0.2, 0.25) is 0 Å². The van der Waals surface area contributed by atoms with Gasteiger partial charge in [-0.1, -0.05) is 19.8 Å². The van der Waals surface area contributed by atoms with Crippen molar-refractivity contribution < 1.29 is 5.11 Å². The summed E-state index contributed by atoms with van der Waals surface area (Å²) in [6.07, 6.45) is 6.65. The van der Waals surface area contributed by atoms with Gasteiger partial charge >= 0.3 is 0 Å². The van der Waals surface area contributed by atoms with Crippen molar-refractivity contribution in [2.75, 3.05) is 33.3 Å². The van der Waals surface area contributed by atoms with E-state index in [4.69, 9.17) is 5.11 Å². The highest BCUT2D eigenvalue weighted by atomic mass is 16.3. The van der Waals surface area contributed by atoms with Crippen LogP contribution in [-0.2, 0) is 0 Å². The Kier molecular flexibility index (Phi) is 7.01. The summed E-state index contributed by atoms with van der Waals surface area (Å²) in [4.78, 5) is 2.26. The van der Waals surface area contributed by atoms with E-state index in [2.05, 4.69) is 24.2 Å². The molecule has 0 aromatic rings. The minimum atomic E-state index is 0.274. The number of hydrogen-bond donors (Lipinski definition) is 2. The fourth-order valence-electron chi connectivity index (χ4n) is 2.69. The molecule has 3 nitrogen and oxygen atoms in total. The van der Waals surface area contributed by atoms with Crippen LogP contribution in [0.5, 0.6) is 0 Å². The van der Waals surface area contributed by atoms with Crippen LogP contribution in [0.15, 0.2) is 0 Å². The SMILES string of the molecule is CCCNC1CCCCC1CN(C)CCO. The summed E-state index contributed by atoms with van der Waals surface area (Å²) >= 11 is 0. The van der Waals surface area contributed by atoms with Crippen LogP contribution in [0.25, 0.3) is 0 Å². The van der Waals surface area contributed by atoms with Crippen molar-refractivity contribution in [1.82, 2.24) is 10.2 Å². The minimum absolute atomic E-state index is 0.274. The molecule has 0 saturated heterocycles. The molecule has 2 unspecified atom stereocenters. The van der Waals surface area contributed by atoms with E-state index >= 15 is 0 Å². The van der Waals surface area contributed by atoms with E-state index in [1.165, 1.54) is 32.1 Å². The molecular formula is C13H28N2O. The second-order valence-corrected chi connectivity index (χ2v) is 5.09. The zero-order valence-electron chi connectivity index (χ0n) is 10.9. The third-order valence-electron chi connectivity index (χ3n) is 3.59. The molecule has 0 spiro atoms. The summed E-state index contributed by atoms with van der Waals surface area (Å²) in [6, 6.07) is 0.704. The quantitative estimate of drug-likeness (QED) is 0.692. The number of nitrogens with one attached hydrogen (secondary N) is 1. The Labute approximate surface area is 100 Å². The summed E-state index contributed by atoms with van der Waals surface area (Å²) in [5.74, 6) is 0.775. The van der Waals surface area contributed by atoms with Gasteiger partial charge in [0.05, 0.1) is 6.61 Å².